The van der Waals surface area contributed by atoms with Gasteiger partial charge in [0.15, 0.2) is 0 Å². The van der Waals surface area contributed by atoms with Gasteiger partial charge in [-0.3, -0.25) is 9.59 Å². The highest BCUT2D eigenvalue weighted by Crippen LogP contribution is 2.17. The number of unbranched alkanes of at least 4 members (excludes halogenated alkanes) is 3. The smallest absolute Gasteiger partial charge is 0.257 e. The van der Waals surface area contributed by atoms with Gasteiger partial charge in [0.1, 0.15) is 11.5 Å². The zero-order valence-electron chi connectivity index (χ0n) is 17.3. The lowest BCUT2D eigenvalue weighted by Gasteiger charge is -2.22. The summed E-state index contributed by atoms with van der Waals surface area (Å²) in [6, 6.07) is 11.6. The Bertz CT molecular complexity index is 752. The summed E-state index contributed by atoms with van der Waals surface area (Å²) in [4.78, 5) is 27.0. The van der Waals surface area contributed by atoms with E-state index in [2.05, 4.69) is 12.2 Å². The standard InChI is InChI=1S/C23H32N2O3/c1-4-5-6-10-14-25(23(27)21-16-18(2)28-19(21)3)15-13-22(26)24-17-20-11-8-7-9-12-20/h7-9,11-12,16H,4-6,10,13-15,17H2,1-3H3,(H,24,26). The van der Waals surface area contributed by atoms with Crippen LogP contribution in [-0.4, -0.2) is 29.8 Å². The van der Waals surface area contributed by atoms with Crippen molar-refractivity contribution in [3.05, 3.63) is 59.0 Å². The molecule has 5 heteroatoms. The molecule has 2 rings (SSSR count). The first-order valence-corrected chi connectivity index (χ1v) is 10.2. The maximum absolute atomic E-state index is 13.0. The molecule has 0 saturated heterocycles. The third-order valence-corrected chi connectivity index (χ3v) is 4.78. The molecule has 0 aliphatic rings. The van der Waals surface area contributed by atoms with Gasteiger partial charge in [0.2, 0.25) is 5.91 Å². The van der Waals surface area contributed by atoms with Crippen LogP contribution in [0.3, 0.4) is 0 Å². The molecule has 0 atom stereocenters. The van der Waals surface area contributed by atoms with Crippen LogP contribution in [0, 0.1) is 13.8 Å². The number of amides is 2. The van der Waals surface area contributed by atoms with Crippen molar-refractivity contribution in [1.82, 2.24) is 10.2 Å². The molecule has 0 saturated carbocycles. The zero-order valence-corrected chi connectivity index (χ0v) is 17.3. The quantitative estimate of drug-likeness (QED) is 0.575. The zero-order chi connectivity index (χ0) is 20.4. The lowest BCUT2D eigenvalue weighted by molar-refractivity contribution is -0.121. The summed E-state index contributed by atoms with van der Waals surface area (Å²) in [6.45, 7) is 7.39. The summed E-state index contributed by atoms with van der Waals surface area (Å²) < 4.78 is 5.52. The van der Waals surface area contributed by atoms with Crippen LogP contribution in [-0.2, 0) is 11.3 Å². The fraction of sp³-hybridized carbons (Fsp3) is 0.478. The molecular formula is C23H32N2O3. The first-order chi connectivity index (χ1) is 13.5. The molecule has 2 amide bonds. The van der Waals surface area contributed by atoms with Crippen molar-refractivity contribution < 1.29 is 14.0 Å². The molecule has 1 heterocycles. The van der Waals surface area contributed by atoms with Gasteiger partial charge < -0.3 is 14.6 Å². The first kappa shape index (κ1) is 21.7. The summed E-state index contributed by atoms with van der Waals surface area (Å²) in [5, 5.41) is 2.93. The Hall–Kier alpha value is -2.56. The minimum Gasteiger partial charge on any atom is -0.466 e. The fourth-order valence-corrected chi connectivity index (χ4v) is 3.18. The van der Waals surface area contributed by atoms with E-state index >= 15 is 0 Å². The lowest BCUT2D eigenvalue weighted by Crippen LogP contribution is -2.36. The molecule has 1 N–H and O–H groups in total. The minimum atomic E-state index is -0.0540. The molecule has 28 heavy (non-hydrogen) atoms. The predicted molar refractivity (Wildman–Crippen MR) is 111 cm³/mol. The van der Waals surface area contributed by atoms with Crippen LogP contribution >= 0.6 is 0 Å². The SMILES string of the molecule is CCCCCCN(CCC(=O)NCc1ccccc1)C(=O)c1cc(C)oc1C. The molecule has 1 aromatic heterocycles. The number of rotatable bonds is 11. The normalized spacial score (nSPS) is 10.7. The van der Waals surface area contributed by atoms with E-state index in [1.807, 2.05) is 44.2 Å². The topological polar surface area (TPSA) is 62.6 Å². The minimum absolute atomic E-state index is 0.0460. The van der Waals surface area contributed by atoms with E-state index in [4.69, 9.17) is 4.42 Å². The van der Waals surface area contributed by atoms with Gasteiger partial charge in [-0.25, -0.2) is 0 Å². The molecular weight excluding hydrogens is 352 g/mol. The third kappa shape index (κ3) is 6.87. The molecule has 0 fully saturated rings. The number of carbonyl (C=O) groups is 2. The number of hydrogen-bond acceptors (Lipinski definition) is 3. The fourth-order valence-electron chi connectivity index (χ4n) is 3.18. The van der Waals surface area contributed by atoms with Gasteiger partial charge in [-0.1, -0.05) is 56.5 Å². The van der Waals surface area contributed by atoms with E-state index in [0.717, 1.165) is 37.0 Å². The number of aryl methyl sites for hydroxylation is 2. The van der Waals surface area contributed by atoms with Crippen LogP contribution in [0.4, 0.5) is 0 Å². The van der Waals surface area contributed by atoms with Crippen LogP contribution in [0.5, 0.6) is 0 Å². The Kier molecular flexibility index (Phi) is 8.79. The first-order valence-electron chi connectivity index (χ1n) is 10.2. The summed E-state index contributed by atoms with van der Waals surface area (Å²) in [5.41, 5.74) is 1.66. The second kappa shape index (κ2) is 11.3. The van der Waals surface area contributed by atoms with Gasteiger partial charge in [0, 0.05) is 26.1 Å². The molecule has 1 aromatic carbocycles. The second-order valence-corrected chi connectivity index (χ2v) is 7.19. The number of hydrogen-bond donors (Lipinski definition) is 1. The number of carbonyl (C=O) groups excluding carboxylic acids is 2. The lowest BCUT2D eigenvalue weighted by atomic mass is 10.1. The number of nitrogens with zero attached hydrogens (tertiary/aromatic N) is 1. The molecule has 152 valence electrons. The van der Waals surface area contributed by atoms with Crippen LogP contribution in [0.15, 0.2) is 40.8 Å². The predicted octanol–water partition coefficient (Wildman–Crippen LogP) is 4.63. The molecule has 0 radical (unpaired) electrons. The van der Waals surface area contributed by atoms with Gasteiger partial charge in [0.05, 0.1) is 5.56 Å². The van der Waals surface area contributed by atoms with E-state index in [-0.39, 0.29) is 11.8 Å². The van der Waals surface area contributed by atoms with Gasteiger partial charge >= 0.3 is 0 Å². The van der Waals surface area contributed by atoms with Crippen molar-refractivity contribution >= 4 is 11.8 Å². The van der Waals surface area contributed by atoms with E-state index in [0.29, 0.717) is 37.4 Å². The van der Waals surface area contributed by atoms with Crippen molar-refractivity contribution in [3.63, 3.8) is 0 Å². The van der Waals surface area contributed by atoms with Crippen molar-refractivity contribution in [2.75, 3.05) is 13.1 Å². The van der Waals surface area contributed by atoms with Crippen molar-refractivity contribution in [1.29, 1.82) is 0 Å². The highest BCUT2D eigenvalue weighted by molar-refractivity contribution is 5.95. The molecule has 0 bridgehead atoms. The average molecular weight is 385 g/mol. The Morgan fingerprint density at radius 3 is 2.43 bits per heavy atom. The highest BCUT2D eigenvalue weighted by atomic mass is 16.3. The Morgan fingerprint density at radius 2 is 1.79 bits per heavy atom. The maximum atomic E-state index is 13.0. The Morgan fingerprint density at radius 1 is 1.04 bits per heavy atom. The highest BCUT2D eigenvalue weighted by Gasteiger charge is 2.21. The van der Waals surface area contributed by atoms with Crippen molar-refractivity contribution in [2.24, 2.45) is 0 Å². The van der Waals surface area contributed by atoms with E-state index in [1.165, 1.54) is 0 Å². The van der Waals surface area contributed by atoms with Crippen LogP contribution in [0.2, 0.25) is 0 Å². The van der Waals surface area contributed by atoms with E-state index < -0.39 is 0 Å². The Balaban J connectivity index is 1.91. The monoisotopic (exact) mass is 384 g/mol. The third-order valence-electron chi connectivity index (χ3n) is 4.78. The van der Waals surface area contributed by atoms with E-state index in [1.54, 1.807) is 11.0 Å². The maximum Gasteiger partial charge on any atom is 0.257 e. The van der Waals surface area contributed by atoms with Crippen LogP contribution in [0.25, 0.3) is 0 Å². The summed E-state index contributed by atoms with van der Waals surface area (Å²) in [7, 11) is 0. The molecule has 0 spiro atoms. The van der Waals surface area contributed by atoms with Gasteiger partial charge in [-0.05, 0) is 31.9 Å². The van der Waals surface area contributed by atoms with Crippen LogP contribution < -0.4 is 5.32 Å². The van der Waals surface area contributed by atoms with Crippen molar-refractivity contribution in [3.8, 4) is 0 Å². The number of benzene rings is 1. The molecule has 0 aliphatic carbocycles. The van der Waals surface area contributed by atoms with Crippen molar-refractivity contribution in [2.45, 2.75) is 59.4 Å². The molecule has 0 unspecified atom stereocenters. The largest absolute Gasteiger partial charge is 0.466 e. The molecule has 2 aromatic rings. The summed E-state index contributed by atoms with van der Waals surface area (Å²) in [5.74, 6) is 1.26. The van der Waals surface area contributed by atoms with Crippen LogP contribution in [0.1, 0.15) is 66.5 Å². The average Bonchev–Trinajstić information content (AvgIpc) is 3.04. The number of furan rings is 1. The molecule has 0 aliphatic heterocycles. The second-order valence-electron chi connectivity index (χ2n) is 7.19. The molecule has 5 nitrogen and oxygen atoms in total. The summed E-state index contributed by atoms with van der Waals surface area (Å²) in [6.07, 6.45) is 4.63. The van der Waals surface area contributed by atoms with E-state index in [9.17, 15) is 9.59 Å². The van der Waals surface area contributed by atoms with Gasteiger partial charge in [-0.15, -0.1) is 0 Å². The summed E-state index contributed by atoms with van der Waals surface area (Å²) >= 11 is 0. The number of nitrogens with one attached hydrogen (secondary N) is 1. The Labute approximate surface area is 168 Å². The van der Waals surface area contributed by atoms with Gasteiger partial charge in [0.25, 0.3) is 5.91 Å². The van der Waals surface area contributed by atoms with Gasteiger partial charge in [-0.2, -0.15) is 0 Å².